The first-order valence-corrected chi connectivity index (χ1v) is 12.9. The van der Waals surface area contributed by atoms with E-state index in [1.54, 1.807) is 12.1 Å². The lowest BCUT2D eigenvalue weighted by Gasteiger charge is -2.07. The van der Waals surface area contributed by atoms with Gasteiger partial charge < -0.3 is 0 Å². The van der Waals surface area contributed by atoms with E-state index in [0.717, 1.165) is 24.3 Å². The first-order valence-electron chi connectivity index (χ1n) is 11.5. The van der Waals surface area contributed by atoms with E-state index in [1.807, 2.05) is 6.07 Å². The first kappa shape index (κ1) is 25.2. The van der Waals surface area contributed by atoms with Gasteiger partial charge in [0.05, 0.1) is 4.90 Å². The van der Waals surface area contributed by atoms with Crippen LogP contribution in [0.15, 0.2) is 29.2 Å². The minimum absolute atomic E-state index is 0.0647. The summed E-state index contributed by atoms with van der Waals surface area (Å²) in [4.78, 5) is 0.0647. The molecule has 0 heterocycles. The number of benzene rings is 1. The molecule has 0 saturated carbocycles. The summed E-state index contributed by atoms with van der Waals surface area (Å²) in [6.07, 6.45) is 19.1. The van der Waals surface area contributed by atoms with Crippen molar-refractivity contribution in [2.24, 2.45) is 5.92 Å². The Labute approximate surface area is 174 Å². The van der Waals surface area contributed by atoms with Gasteiger partial charge in [-0.05, 0) is 30.4 Å². The maximum atomic E-state index is 11.4. The molecular weight excluding hydrogens is 368 g/mol. The van der Waals surface area contributed by atoms with Gasteiger partial charge in [-0.15, -0.1) is 0 Å². The van der Waals surface area contributed by atoms with Crippen LogP contribution in [0.1, 0.15) is 109 Å². The number of rotatable bonds is 17. The van der Waals surface area contributed by atoms with Crippen LogP contribution in [-0.2, 0) is 16.5 Å². The quantitative estimate of drug-likeness (QED) is 0.212. The van der Waals surface area contributed by atoms with Crippen molar-refractivity contribution in [3.63, 3.8) is 0 Å². The highest BCUT2D eigenvalue weighted by atomic mass is 32.2. The van der Waals surface area contributed by atoms with E-state index in [2.05, 4.69) is 13.8 Å². The SMILES string of the molecule is CC(C)CCCCCCCCCCCCCCCc1ccccc1S(=O)(=O)O. The molecule has 0 radical (unpaired) electrons. The predicted octanol–water partition coefficient (Wildman–Crippen LogP) is 7.59. The van der Waals surface area contributed by atoms with Gasteiger partial charge in [-0.1, -0.05) is 116 Å². The van der Waals surface area contributed by atoms with Crippen LogP contribution in [0.2, 0.25) is 0 Å². The van der Waals surface area contributed by atoms with Crippen molar-refractivity contribution in [1.29, 1.82) is 0 Å². The van der Waals surface area contributed by atoms with E-state index < -0.39 is 10.1 Å². The van der Waals surface area contributed by atoms with Gasteiger partial charge in [-0.2, -0.15) is 8.42 Å². The molecule has 0 saturated heterocycles. The van der Waals surface area contributed by atoms with Crippen molar-refractivity contribution in [1.82, 2.24) is 0 Å². The van der Waals surface area contributed by atoms with Gasteiger partial charge in [0.2, 0.25) is 0 Å². The van der Waals surface area contributed by atoms with Crippen molar-refractivity contribution in [3.05, 3.63) is 29.8 Å². The lowest BCUT2D eigenvalue weighted by Crippen LogP contribution is -2.03. The molecule has 1 aromatic rings. The van der Waals surface area contributed by atoms with Gasteiger partial charge in [0.15, 0.2) is 0 Å². The molecule has 0 atom stereocenters. The highest BCUT2D eigenvalue weighted by Gasteiger charge is 2.13. The molecule has 3 nitrogen and oxygen atoms in total. The van der Waals surface area contributed by atoms with Crippen LogP contribution in [-0.4, -0.2) is 13.0 Å². The zero-order chi connectivity index (χ0) is 20.7. The number of hydrogen-bond acceptors (Lipinski definition) is 2. The lowest BCUT2D eigenvalue weighted by molar-refractivity contribution is 0.481. The highest BCUT2D eigenvalue weighted by Crippen LogP contribution is 2.19. The summed E-state index contributed by atoms with van der Waals surface area (Å²) < 4.78 is 32.0. The Morgan fingerprint density at radius 3 is 1.61 bits per heavy atom. The van der Waals surface area contributed by atoms with Gasteiger partial charge >= 0.3 is 0 Å². The molecule has 0 amide bonds. The summed E-state index contributed by atoms with van der Waals surface area (Å²) in [5.74, 6) is 0.854. The van der Waals surface area contributed by atoms with Crippen LogP contribution in [0, 0.1) is 5.92 Å². The lowest BCUT2D eigenvalue weighted by atomic mass is 10.0. The minimum Gasteiger partial charge on any atom is -0.282 e. The molecule has 1 N–H and O–H groups in total. The summed E-state index contributed by atoms with van der Waals surface area (Å²) in [5, 5.41) is 0. The van der Waals surface area contributed by atoms with Crippen molar-refractivity contribution < 1.29 is 13.0 Å². The number of aryl methyl sites for hydroxylation is 1. The third-order valence-electron chi connectivity index (χ3n) is 5.48. The molecular formula is C24H42O3S. The second-order valence-corrected chi connectivity index (χ2v) is 10.0. The summed E-state index contributed by atoms with van der Waals surface area (Å²) in [6, 6.07) is 6.76. The molecule has 0 bridgehead atoms. The average Bonchev–Trinajstić information content (AvgIpc) is 2.64. The van der Waals surface area contributed by atoms with E-state index in [0.29, 0.717) is 6.42 Å². The largest absolute Gasteiger partial charge is 0.294 e. The Bertz CT molecular complexity index is 608. The van der Waals surface area contributed by atoms with E-state index in [4.69, 9.17) is 0 Å². The van der Waals surface area contributed by atoms with Crippen LogP contribution >= 0.6 is 0 Å². The Kier molecular flexibility index (Phi) is 13.5. The van der Waals surface area contributed by atoms with Crippen LogP contribution in [0.4, 0.5) is 0 Å². The highest BCUT2D eigenvalue weighted by molar-refractivity contribution is 7.85. The molecule has 1 aromatic carbocycles. The zero-order valence-corrected chi connectivity index (χ0v) is 19.0. The molecule has 28 heavy (non-hydrogen) atoms. The van der Waals surface area contributed by atoms with Crippen molar-refractivity contribution >= 4 is 10.1 Å². The van der Waals surface area contributed by atoms with Gasteiger partial charge in [-0.25, -0.2) is 0 Å². The molecule has 0 aromatic heterocycles. The van der Waals surface area contributed by atoms with Gasteiger partial charge in [0, 0.05) is 0 Å². The normalized spacial score (nSPS) is 12.0. The van der Waals surface area contributed by atoms with Gasteiger partial charge in [0.25, 0.3) is 10.1 Å². The van der Waals surface area contributed by atoms with Crippen molar-refractivity contribution in [3.8, 4) is 0 Å². The Morgan fingerprint density at radius 2 is 1.14 bits per heavy atom. The second-order valence-electron chi connectivity index (χ2n) is 8.61. The van der Waals surface area contributed by atoms with Crippen LogP contribution < -0.4 is 0 Å². The third kappa shape index (κ3) is 12.6. The van der Waals surface area contributed by atoms with E-state index in [-0.39, 0.29) is 4.90 Å². The van der Waals surface area contributed by atoms with E-state index in [1.165, 1.54) is 83.1 Å². The molecule has 162 valence electrons. The summed E-state index contributed by atoms with van der Waals surface area (Å²) in [6.45, 7) is 4.62. The molecule has 0 unspecified atom stereocenters. The second kappa shape index (κ2) is 15.0. The third-order valence-corrected chi connectivity index (χ3v) is 6.43. The topological polar surface area (TPSA) is 54.4 Å². The van der Waals surface area contributed by atoms with Crippen LogP contribution in [0.25, 0.3) is 0 Å². The smallest absolute Gasteiger partial charge is 0.282 e. The average molecular weight is 411 g/mol. The van der Waals surface area contributed by atoms with Gasteiger partial charge in [0.1, 0.15) is 0 Å². The van der Waals surface area contributed by atoms with Crippen LogP contribution in [0.5, 0.6) is 0 Å². The summed E-state index contributed by atoms with van der Waals surface area (Å²) in [5.41, 5.74) is 0.731. The Hall–Kier alpha value is -0.870. The molecule has 0 aliphatic heterocycles. The molecule has 0 fully saturated rings. The molecule has 0 aliphatic rings. The zero-order valence-electron chi connectivity index (χ0n) is 18.2. The monoisotopic (exact) mass is 410 g/mol. The van der Waals surface area contributed by atoms with Crippen LogP contribution in [0.3, 0.4) is 0 Å². The fourth-order valence-electron chi connectivity index (χ4n) is 3.77. The Balaban J connectivity index is 1.93. The van der Waals surface area contributed by atoms with Crippen molar-refractivity contribution in [2.75, 3.05) is 0 Å². The molecule has 0 spiro atoms. The number of unbranched alkanes of at least 4 members (excludes halogenated alkanes) is 12. The summed E-state index contributed by atoms with van der Waals surface area (Å²) in [7, 11) is -4.11. The minimum atomic E-state index is -4.11. The van der Waals surface area contributed by atoms with E-state index >= 15 is 0 Å². The predicted molar refractivity (Wildman–Crippen MR) is 119 cm³/mol. The van der Waals surface area contributed by atoms with Crippen molar-refractivity contribution in [2.45, 2.75) is 115 Å². The fourth-order valence-corrected chi connectivity index (χ4v) is 4.53. The van der Waals surface area contributed by atoms with Gasteiger partial charge in [-0.3, -0.25) is 4.55 Å². The van der Waals surface area contributed by atoms with E-state index in [9.17, 15) is 13.0 Å². The molecule has 1 rings (SSSR count). The maximum Gasteiger partial charge on any atom is 0.294 e. The fraction of sp³-hybridized carbons (Fsp3) is 0.750. The molecule has 4 heteroatoms. The number of hydrogen-bond donors (Lipinski definition) is 1. The maximum absolute atomic E-state index is 11.4. The Morgan fingerprint density at radius 1 is 0.714 bits per heavy atom. The summed E-state index contributed by atoms with van der Waals surface area (Å²) >= 11 is 0. The molecule has 0 aliphatic carbocycles. The first-order chi connectivity index (χ1) is 13.4. The standard InChI is InChI=1S/C24H42O3S/c1-22(2)18-14-12-10-8-6-4-3-5-7-9-11-13-15-19-23-20-16-17-21-24(23)28(25,26)27/h16-17,20-22H,3-15,18-19H2,1-2H3,(H,25,26,27).